The molecule has 0 bridgehead atoms. The van der Waals surface area contributed by atoms with E-state index in [9.17, 15) is 14.0 Å². The maximum Gasteiger partial charge on any atom is 0.258 e. The van der Waals surface area contributed by atoms with Gasteiger partial charge in [0.1, 0.15) is 5.82 Å². The van der Waals surface area contributed by atoms with Crippen molar-refractivity contribution in [3.8, 4) is 0 Å². The largest absolute Gasteiger partial charge is 0.349 e. The molecule has 1 saturated heterocycles. The fourth-order valence-corrected chi connectivity index (χ4v) is 4.02. The number of piperidine rings is 1. The van der Waals surface area contributed by atoms with Gasteiger partial charge in [0, 0.05) is 29.4 Å². The van der Waals surface area contributed by atoms with Crippen LogP contribution in [0.2, 0.25) is 0 Å². The van der Waals surface area contributed by atoms with Crippen molar-refractivity contribution in [2.24, 2.45) is 0 Å². The lowest BCUT2D eigenvalue weighted by molar-refractivity contribution is 0.0915. The van der Waals surface area contributed by atoms with E-state index in [0.717, 1.165) is 37.2 Å². The number of nitrogens with one attached hydrogen (secondary N) is 1. The second kappa shape index (κ2) is 7.72. The summed E-state index contributed by atoms with van der Waals surface area (Å²) in [6.07, 6.45) is 2.54. The van der Waals surface area contributed by atoms with E-state index in [1.807, 2.05) is 18.2 Å². The van der Waals surface area contributed by atoms with Crippen LogP contribution >= 0.6 is 0 Å². The van der Waals surface area contributed by atoms with Gasteiger partial charge in [0.2, 0.25) is 0 Å². The van der Waals surface area contributed by atoms with Gasteiger partial charge in [0.15, 0.2) is 0 Å². The monoisotopic (exact) mass is 381 g/mol. The Morgan fingerprint density at radius 1 is 1.04 bits per heavy atom. The molecule has 0 atom stereocenters. The number of fused-ring (bicyclic) bond motifs is 1. The molecule has 2 heterocycles. The number of nitrogens with zero attached hydrogens (tertiary/aromatic N) is 2. The van der Waals surface area contributed by atoms with E-state index in [4.69, 9.17) is 0 Å². The first kappa shape index (κ1) is 18.6. The van der Waals surface area contributed by atoms with Gasteiger partial charge in [0.05, 0.1) is 0 Å². The Hall–Kier alpha value is -2.73. The van der Waals surface area contributed by atoms with Crippen LogP contribution in [-0.2, 0) is 6.42 Å². The molecule has 2 aliphatic rings. The molecule has 0 saturated carbocycles. The summed E-state index contributed by atoms with van der Waals surface area (Å²) in [5.41, 5.74) is 2.76. The standard InChI is InChI=1S/C22H24FN3O2/c1-25-12-9-17(10-13-25)24-21(27)19-3-2-4-20-18(19)11-14-26(20)22(28)15-5-7-16(23)8-6-15/h2-8,17H,9-14H2,1H3,(H,24,27). The lowest BCUT2D eigenvalue weighted by atomic mass is 10.0. The van der Waals surface area contributed by atoms with Crippen molar-refractivity contribution in [3.05, 3.63) is 65.0 Å². The number of halogens is 1. The first-order valence-electron chi connectivity index (χ1n) is 9.71. The summed E-state index contributed by atoms with van der Waals surface area (Å²) in [6, 6.07) is 11.3. The summed E-state index contributed by atoms with van der Waals surface area (Å²) in [4.78, 5) is 29.7. The molecule has 0 radical (unpaired) electrons. The number of rotatable bonds is 3. The molecule has 28 heavy (non-hydrogen) atoms. The molecule has 6 heteroatoms. The SMILES string of the molecule is CN1CCC(NC(=O)c2cccc3c2CCN3C(=O)c2ccc(F)cc2)CC1. The van der Waals surface area contributed by atoms with Gasteiger partial charge >= 0.3 is 0 Å². The average Bonchev–Trinajstić information content (AvgIpc) is 3.14. The van der Waals surface area contributed by atoms with Crippen molar-refractivity contribution in [1.29, 1.82) is 0 Å². The number of anilines is 1. The average molecular weight is 381 g/mol. The predicted molar refractivity (Wildman–Crippen MR) is 106 cm³/mol. The van der Waals surface area contributed by atoms with Gasteiger partial charge in [-0.15, -0.1) is 0 Å². The fourth-order valence-electron chi connectivity index (χ4n) is 4.02. The summed E-state index contributed by atoms with van der Waals surface area (Å²) in [5, 5.41) is 3.16. The van der Waals surface area contributed by atoms with Crippen LogP contribution in [0.5, 0.6) is 0 Å². The summed E-state index contributed by atoms with van der Waals surface area (Å²) in [5.74, 6) is -0.611. The Labute approximate surface area is 164 Å². The van der Waals surface area contributed by atoms with Crippen molar-refractivity contribution in [1.82, 2.24) is 10.2 Å². The molecule has 2 aromatic rings. The van der Waals surface area contributed by atoms with Crippen LogP contribution < -0.4 is 10.2 Å². The van der Waals surface area contributed by atoms with Gasteiger partial charge in [-0.05, 0) is 81.4 Å². The van der Waals surface area contributed by atoms with Crippen molar-refractivity contribution in [2.75, 3.05) is 31.6 Å². The maximum atomic E-state index is 13.1. The molecular weight excluding hydrogens is 357 g/mol. The van der Waals surface area contributed by atoms with Crippen LogP contribution in [0.15, 0.2) is 42.5 Å². The number of likely N-dealkylation sites (tertiary alicyclic amines) is 1. The smallest absolute Gasteiger partial charge is 0.258 e. The lowest BCUT2D eigenvalue weighted by Crippen LogP contribution is -2.43. The summed E-state index contributed by atoms with van der Waals surface area (Å²) >= 11 is 0. The highest BCUT2D eigenvalue weighted by atomic mass is 19.1. The molecular formula is C22H24FN3O2. The number of amides is 2. The molecule has 2 amide bonds. The number of benzene rings is 2. The number of hydrogen-bond donors (Lipinski definition) is 1. The quantitative estimate of drug-likeness (QED) is 0.890. The fraction of sp³-hybridized carbons (Fsp3) is 0.364. The second-order valence-electron chi connectivity index (χ2n) is 7.57. The van der Waals surface area contributed by atoms with Gasteiger partial charge < -0.3 is 15.1 Å². The van der Waals surface area contributed by atoms with Crippen LogP contribution in [0.4, 0.5) is 10.1 Å². The van der Waals surface area contributed by atoms with E-state index in [2.05, 4.69) is 17.3 Å². The van der Waals surface area contributed by atoms with Crippen LogP contribution in [0.25, 0.3) is 0 Å². The molecule has 146 valence electrons. The van der Waals surface area contributed by atoms with Crippen molar-refractivity contribution >= 4 is 17.5 Å². The maximum absolute atomic E-state index is 13.1. The van der Waals surface area contributed by atoms with Crippen molar-refractivity contribution < 1.29 is 14.0 Å². The van der Waals surface area contributed by atoms with Crippen LogP contribution in [0.3, 0.4) is 0 Å². The Morgan fingerprint density at radius 3 is 2.46 bits per heavy atom. The molecule has 2 aromatic carbocycles. The van der Waals surface area contributed by atoms with Crippen LogP contribution in [-0.4, -0.2) is 49.4 Å². The van der Waals surface area contributed by atoms with Crippen LogP contribution in [0, 0.1) is 5.82 Å². The van der Waals surface area contributed by atoms with Gasteiger partial charge in [-0.1, -0.05) is 6.07 Å². The van der Waals surface area contributed by atoms with Gasteiger partial charge in [-0.3, -0.25) is 9.59 Å². The van der Waals surface area contributed by atoms with Crippen LogP contribution in [0.1, 0.15) is 39.1 Å². The normalized spacial score (nSPS) is 17.4. The molecule has 4 rings (SSSR count). The number of carbonyl (C=O) groups excluding carboxylic acids is 2. The third kappa shape index (κ3) is 3.64. The molecule has 5 nitrogen and oxygen atoms in total. The number of carbonyl (C=O) groups is 2. The highest BCUT2D eigenvalue weighted by molar-refractivity contribution is 6.08. The molecule has 0 unspecified atom stereocenters. The molecule has 2 aliphatic heterocycles. The Bertz CT molecular complexity index is 889. The highest BCUT2D eigenvalue weighted by Crippen LogP contribution is 2.32. The summed E-state index contributed by atoms with van der Waals surface area (Å²) < 4.78 is 13.1. The molecule has 1 fully saturated rings. The third-order valence-electron chi connectivity index (χ3n) is 5.66. The summed E-state index contributed by atoms with van der Waals surface area (Å²) in [6.45, 7) is 2.49. The Kier molecular flexibility index (Phi) is 5.13. The molecule has 0 spiro atoms. The molecule has 1 N–H and O–H groups in total. The topological polar surface area (TPSA) is 52.7 Å². The zero-order valence-electron chi connectivity index (χ0n) is 16.0. The minimum Gasteiger partial charge on any atom is -0.349 e. The summed E-state index contributed by atoms with van der Waals surface area (Å²) in [7, 11) is 2.09. The van der Waals surface area contributed by atoms with E-state index in [0.29, 0.717) is 24.1 Å². The van der Waals surface area contributed by atoms with E-state index < -0.39 is 0 Å². The number of hydrogen-bond acceptors (Lipinski definition) is 3. The first-order chi connectivity index (χ1) is 13.5. The molecule has 0 aromatic heterocycles. The van der Waals surface area contributed by atoms with Gasteiger partial charge in [-0.25, -0.2) is 4.39 Å². The van der Waals surface area contributed by atoms with E-state index in [-0.39, 0.29) is 23.7 Å². The first-order valence-corrected chi connectivity index (χ1v) is 9.71. The van der Waals surface area contributed by atoms with Gasteiger partial charge in [0.25, 0.3) is 11.8 Å². The third-order valence-corrected chi connectivity index (χ3v) is 5.66. The van der Waals surface area contributed by atoms with E-state index >= 15 is 0 Å². The van der Waals surface area contributed by atoms with E-state index in [1.54, 1.807) is 4.90 Å². The van der Waals surface area contributed by atoms with Crippen molar-refractivity contribution in [2.45, 2.75) is 25.3 Å². The van der Waals surface area contributed by atoms with E-state index in [1.165, 1.54) is 24.3 Å². The predicted octanol–water partition coefficient (Wildman–Crippen LogP) is 2.85. The Balaban J connectivity index is 1.53. The minimum atomic E-state index is -0.369. The zero-order valence-corrected chi connectivity index (χ0v) is 16.0. The molecule has 0 aliphatic carbocycles. The Morgan fingerprint density at radius 2 is 1.75 bits per heavy atom. The lowest BCUT2D eigenvalue weighted by Gasteiger charge is -2.29. The second-order valence-corrected chi connectivity index (χ2v) is 7.57. The highest BCUT2D eigenvalue weighted by Gasteiger charge is 2.29. The van der Waals surface area contributed by atoms with Gasteiger partial charge in [-0.2, -0.15) is 0 Å². The zero-order chi connectivity index (χ0) is 19.7. The van der Waals surface area contributed by atoms with Crippen molar-refractivity contribution in [3.63, 3.8) is 0 Å². The minimum absolute atomic E-state index is 0.0671.